The Morgan fingerprint density at radius 3 is 3.18 bits per heavy atom. The van der Waals surface area contributed by atoms with Crippen molar-refractivity contribution in [3.8, 4) is 0 Å². The molecule has 0 saturated carbocycles. The number of aromatic nitrogens is 2. The average Bonchev–Trinajstić information content (AvgIpc) is 2.88. The van der Waals surface area contributed by atoms with Crippen LogP contribution in [0.2, 0.25) is 0 Å². The molecule has 1 atom stereocenters. The molecule has 0 bridgehead atoms. The van der Waals surface area contributed by atoms with Gasteiger partial charge in [-0.15, -0.1) is 0 Å². The molecule has 0 spiro atoms. The molecular formula is C12H16N4O. The molecular weight excluding hydrogens is 216 g/mol. The van der Waals surface area contributed by atoms with Crippen molar-refractivity contribution >= 4 is 22.3 Å². The van der Waals surface area contributed by atoms with Crippen molar-refractivity contribution in [2.45, 2.75) is 18.9 Å². The normalized spacial score (nSPS) is 24.3. The van der Waals surface area contributed by atoms with E-state index in [4.69, 9.17) is 10.5 Å². The number of nitrogen functional groups attached to an aromatic ring is 1. The van der Waals surface area contributed by atoms with Gasteiger partial charge in [-0.1, -0.05) is 0 Å². The first-order valence-corrected chi connectivity index (χ1v) is 5.75. The number of anilines is 2. The van der Waals surface area contributed by atoms with Crippen LogP contribution in [-0.2, 0) is 4.74 Å². The topological polar surface area (TPSA) is 76.0 Å². The molecule has 5 heteroatoms. The number of ether oxygens (including phenoxy) is 1. The summed E-state index contributed by atoms with van der Waals surface area (Å²) >= 11 is 0. The molecule has 2 aromatic rings. The van der Waals surface area contributed by atoms with Crippen molar-refractivity contribution in [1.29, 1.82) is 0 Å². The van der Waals surface area contributed by atoms with E-state index in [1.807, 2.05) is 12.1 Å². The number of nitrogens with one attached hydrogen (secondary N) is 2. The highest BCUT2D eigenvalue weighted by molar-refractivity contribution is 5.88. The highest BCUT2D eigenvalue weighted by atomic mass is 16.5. The minimum atomic E-state index is -0.0260. The first kappa shape index (κ1) is 10.4. The van der Waals surface area contributed by atoms with E-state index in [2.05, 4.69) is 22.4 Å². The maximum Gasteiger partial charge on any atom is 0.0694 e. The maximum absolute atomic E-state index is 6.04. The second-order valence-electron chi connectivity index (χ2n) is 4.88. The Morgan fingerprint density at radius 1 is 1.53 bits per heavy atom. The fraction of sp³-hybridized carbons (Fsp3) is 0.417. The molecule has 1 saturated heterocycles. The van der Waals surface area contributed by atoms with Gasteiger partial charge in [0.05, 0.1) is 35.2 Å². The molecule has 90 valence electrons. The van der Waals surface area contributed by atoms with Crippen LogP contribution in [-0.4, -0.2) is 29.0 Å². The second kappa shape index (κ2) is 3.63. The van der Waals surface area contributed by atoms with Crippen LogP contribution in [0.5, 0.6) is 0 Å². The predicted molar refractivity (Wildman–Crippen MR) is 68.0 cm³/mol. The summed E-state index contributed by atoms with van der Waals surface area (Å²) in [6.45, 7) is 3.67. The fourth-order valence-corrected chi connectivity index (χ4v) is 2.21. The molecule has 1 aliphatic rings. The Bertz CT molecular complexity index is 542. The lowest BCUT2D eigenvalue weighted by Crippen LogP contribution is -2.35. The van der Waals surface area contributed by atoms with Crippen LogP contribution < -0.4 is 11.1 Å². The van der Waals surface area contributed by atoms with Crippen molar-refractivity contribution in [3.05, 3.63) is 18.3 Å². The number of fused-ring (bicyclic) bond motifs is 1. The number of hydrogen-bond donors (Lipinski definition) is 3. The van der Waals surface area contributed by atoms with E-state index in [1.165, 1.54) is 0 Å². The molecule has 5 nitrogen and oxygen atoms in total. The lowest BCUT2D eigenvalue weighted by atomic mass is 10.0. The molecule has 1 aromatic heterocycles. The van der Waals surface area contributed by atoms with Gasteiger partial charge in [0, 0.05) is 12.0 Å². The van der Waals surface area contributed by atoms with Gasteiger partial charge >= 0.3 is 0 Å². The zero-order chi connectivity index (χ0) is 11.9. The Balaban J connectivity index is 1.96. The quantitative estimate of drug-likeness (QED) is 0.689. The van der Waals surface area contributed by atoms with Crippen LogP contribution in [0.15, 0.2) is 18.3 Å². The molecule has 17 heavy (non-hydrogen) atoms. The van der Waals surface area contributed by atoms with Crippen LogP contribution >= 0.6 is 0 Å². The van der Waals surface area contributed by atoms with E-state index in [1.54, 1.807) is 6.20 Å². The summed E-state index contributed by atoms with van der Waals surface area (Å²) in [7, 11) is 0. The van der Waals surface area contributed by atoms with Gasteiger partial charge in [0.15, 0.2) is 0 Å². The van der Waals surface area contributed by atoms with Crippen molar-refractivity contribution in [1.82, 2.24) is 10.2 Å². The molecule has 2 heterocycles. The van der Waals surface area contributed by atoms with E-state index >= 15 is 0 Å². The summed E-state index contributed by atoms with van der Waals surface area (Å²) in [5, 5.41) is 11.4. The van der Waals surface area contributed by atoms with Gasteiger partial charge < -0.3 is 15.8 Å². The molecule has 3 rings (SSSR count). The fourth-order valence-electron chi connectivity index (χ4n) is 2.21. The van der Waals surface area contributed by atoms with E-state index in [-0.39, 0.29) is 5.54 Å². The first-order valence-electron chi connectivity index (χ1n) is 5.75. The lowest BCUT2D eigenvalue weighted by molar-refractivity contribution is 0.185. The predicted octanol–water partition coefficient (Wildman–Crippen LogP) is 1.74. The van der Waals surface area contributed by atoms with Crippen LogP contribution in [0.4, 0.5) is 11.4 Å². The summed E-state index contributed by atoms with van der Waals surface area (Å²) in [6, 6.07) is 3.93. The highest BCUT2D eigenvalue weighted by Gasteiger charge is 2.29. The molecule has 4 N–H and O–H groups in total. The minimum absolute atomic E-state index is 0.0260. The van der Waals surface area contributed by atoms with Crippen molar-refractivity contribution in [2.75, 3.05) is 24.3 Å². The van der Waals surface area contributed by atoms with Crippen LogP contribution in [0.25, 0.3) is 10.9 Å². The van der Waals surface area contributed by atoms with E-state index in [0.29, 0.717) is 6.61 Å². The number of nitrogens with zero attached hydrogens (tertiary/aromatic N) is 1. The molecule has 1 fully saturated rings. The van der Waals surface area contributed by atoms with Gasteiger partial charge in [-0.25, -0.2) is 0 Å². The highest BCUT2D eigenvalue weighted by Crippen LogP contribution is 2.30. The molecule has 0 aliphatic carbocycles. The maximum atomic E-state index is 6.04. The first-order chi connectivity index (χ1) is 8.16. The smallest absolute Gasteiger partial charge is 0.0694 e. The van der Waals surface area contributed by atoms with Crippen molar-refractivity contribution in [2.24, 2.45) is 0 Å². The Labute approximate surface area is 99.3 Å². The number of benzene rings is 1. The summed E-state index contributed by atoms with van der Waals surface area (Å²) in [5.41, 5.74) is 8.68. The third-order valence-electron chi connectivity index (χ3n) is 3.27. The minimum Gasteiger partial charge on any atom is -0.397 e. The molecule has 1 aliphatic heterocycles. The number of rotatable bonds is 2. The van der Waals surface area contributed by atoms with E-state index in [0.717, 1.165) is 35.3 Å². The number of aromatic amines is 1. The molecule has 0 radical (unpaired) electrons. The van der Waals surface area contributed by atoms with Gasteiger partial charge in [-0.05, 0) is 25.5 Å². The number of H-pyrrole nitrogens is 1. The van der Waals surface area contributed by atoms with E-state index in [9.17, 15) is 0 Å². The van der Waals surface area contributed by atoms with Gasteiger partial charge in [0.2, 0.25) is 0 Å². The van der Waals surface area contributed by atoms with Gasteiger partial charge in [0.1, 0.15) is 0 Å². The number of nitrogens with two attached hydrogens (primary N) is 1. The monoisotopic (exact) mass is 232 g/mol. The Morgan fingerprint density at radius 2 is 2.41 bits per heavy atom. The summed E-state index contributed by atoms with van der Waals surface area (Å²) in [4.78, 5) is 0. The standard InChI is InChI=1S/C12H16N4O/c1-12(2-3-17-7-12)15-11-5-10-8(4-9(11)13)6-14-16-10/h4-6,15H,2-3,7,13H2,1H3,(H,14,16). The number of hydrogen-bond acceptors (Lipinski definition) is 4. The Hall–Kier alpha value is -1.75. The summed E-state index contributed by atoms with van der Waals surface area (Å²) < 4.78 is 5.42. The molecule has 0 amide bonds. The molecule has 1 aromatic carbocycles. The second-order valence-corrected chi connectivity index (χ2v) is 4.88. The van der Waals surface area contributed by atoms with Crippen LogP contribution in [0.3, 0.4) is 0 Å². The average molecular weight is 232 g/mol. The summed E-state index contributed by atoms with van der Waals surface area (Å²) in [5.74, 6) is 0. The SMILES string of the molecule is CC1(Nc2cc3[nH]ncc3cc2N)CCOC1. The summed E-state index contributed by atoms with van der Waals surface area (Å²) in [6.07, 6.45) is 2.77. The third-order valence-corrected chi connectivity index (χ3v) is 3.27. The third kappa shape index (κ3) is 1.82. The Kier molecular flexibility index (Phi) is 2.22. The van der Waals surface area contributed by atoms with Gasteiger partial charge in [-0.2, -0.15) is 5.10 Å². The lowest BCUT2D eigenvalue weighted by Gasteiger charge is -2.25. The van der Waals surface area contributed by atoms with Gasteiger partial charge in [-0.3, -0.25) is 5.10 Å². The van der Waals surface area contributed by atoms with Crippen LogP contribution in [0, 0.1) is 0 Å². The largest absolute Gasteiger partial charge is 0.397 e. The van der Waals surface area contributed by atoms with E-state index < -0.39 is 0 Å². The van der Waals surface area contributed by atoms with Crippen molar-refractivity contribution < 1.29 is 4.74 Å². The van der Waals surface area contributed by atoms with Crippen molar-refractivity contribution in [3.63, 3.8) is 0 Å². The van der Waals surface area contributed by atoms with Gasteiger partial charge in [0.25, 0.3) is 0 Å². The van der Waals surface area contributed by atoms with Crippen LogP contribution in [0.1, 0.15) is 13.3 Å². The molecule has 1 unspecified atom stereocenters. The zero-order valence-electron chi connectivity index (χ0n) is 9.79. The zero-order valence-corrected chi connectivity index (χ0v) is 9.79.